The summed E-state index contributed by atoms with van der Waals surface area (Å²) < 4.78 is 32.5. The average Bonchev–Trinajstić information content (AvgIpc) is 3.09. The van der Waals surface area contributed by atoms with Crippen LogP contribution < -0.4 is 9.88 Å². The van der Waals surface area contributed by atoms with Crippen LogP contribution in [0.2, 0.25) is 0 Å². The number of rotatable bonds is 8. The lowest BCUT2D eigenvalue weighted by Gasteiger charge is -2.13. The van der Waals surface area contributed by atoms with Crippen molar-refractivity contribution in [1.82, 2.24) is 9.97 Å². The molecular formula is C22H25N3O5S. The molecule has 4 rings (SSSR count). The molecule has 0 aliphatic heterocycles. The molecule has 31 heavy (non-hydrogen) atoms. The van der Waals surface area contributed by atoms with Crippen molar-refractivity contribution in [2.45, 2.75) is 37.9 Å². The molecule has 1 aromatic heterocycles. The molecule has 0 amide bonds. The molecule has 9 heteroatoms. The Bertz CT molecular complexity index is 1150. The fourth-order valence-electron chi connectivity index (χ4n) is 4.03. The third kappa shape index (κ3) is 5.76. The summed E-state index contributed by atoms with van der Waals surface area (Å²) in [5, 5.41) is 17.5. The van der Waals surface area contributed by atoms with Crippen LogP contribution in [0.25, 0.3) is 10.8 Å². The molecule has 164 valence electrons. The lowest BCUT2D eigenvalue weighted by molar-refractivity contribution is 0.0986. The normalized spacial score (nSPS) is 21.4. The maximum absolute atomic E-state index is 11.0. The third-order valence-electron chi connectivity index (χ3n) is 5.58. The van der Waals surface area contributed by atoms with Crippen molar-refractivity contribution in [1.29, 1.82) is 0 Å². The maximum Gasteiger partial charge on any atom is 0.333 e. The number of hydrogen-bond donors (Lipinski definition) is 2. The second kappa shape index (κ2) is 9.27. The van der Waals surface area contributed by atoms with Crippen molar-refractivity contribution >= 4 is 21.1 Å². The minimum atomic E-state index is -4.03. The Kier molecular flexibility index (Phi) is 6.47. The van der Waals surface area contributed by atoms with Crippen molar-refractivity contribution in [3.8, 4) is 5.88 Å². The van der Waals surface area contributed by atoms with Gasteiger partial charge in [0.15, 0.2) is 0 Å². The van der Waals surface area contributed by atoms with E-state index in [2.05, 4.69) is 44.5 Å². The molecule has 1 aliphatic rings. The monoisotopic (exact) mass is 443 g/mol. The number of nitrogens with zero attached hydrogens (tertiary/aromatic N) is 2. The summed E-state index contributed by atoms with van der Waals surface area (Å²) in [5.74, 6) is 0.0733. The van der Waals surface area contributed by atoms with Crippen LogP contribution in [0.15, 0.2) is 54.9 Å². The molecule has 0 saturated heterocycles. The average molecular weight is 444 g/mol. The Morgan fingerprint density at radius 1 is 1.06 bits per heavy atom. The number of aliphatic hydroxyl groups is 1. The minimum Gasteiger partial charge on any atom is -0.474 e. The van der Waals surface area contributed by atoms with Crippen molar-refractivity contribution in [3.05, 3.63) is 66.1 Å². The van der Waals surface area contributed by atoms with Gasteiger partial charge in [-0.1, -0.05) is 42.5 Å². The number of nitrogens with two attached hydrogens (primary N) is 1. The molecule has 0 spiro atoms. The van der Waals surface area contributed by atoms with Crippen LogP contribution >= 0.6 is 0 Å². The highest BCUT2D eigenvalue weighted by Crippen LogP contribution is 2.30. The van der Waals surface area contributed by atoms with E-state index in [9.17, 15) is 13.5 Å². The molecule has 0 bridgehead atoms. The number of fused-ring (bicyclic) bond motifs is 1. The topological polar surface area (TPSA) is 125 Å². The standard InChI is InChI=1S/C22H25N3O5S/c23-31(27,28)29-13-17-10-19(12-21(17)26)30-22-11-18(24-14-25-22)9-8-16-6-3-5-15-4-1-2-7-20(15)16/h1-7,11,14,17,19,21,26H,8-10,12-13H2,(H2,23,27,28)/t17-,19+,21-/m0/s1. The van der Waals surface area contributed by atoms with Crippen molar-refractivity contribution < 1.29 is 22.4 Å². The van der Waals surface area contributed by atoms with E-state index in [0.29, 0.717) is 18.7 Å². The second-order valence-corrected chi connectivity index (χ2v) is 9.02. The van der Waals surface area contributed by atoms with E-state index < -0.39 is 16.4 Å². The number of ether oxygens (including phenoxy) is 1. The van der Waals surface area contributed by atoms with Crippen molar-refractivity contribution in [2.75, 3.05) is 6.61 Å². The number of aryl methyl sites for hydroxylation is 2. The van der Waals surface area contributed by atoms with E-state index in [0.717, 1.165) is 18.5 Å². The van der Waals surface area contributed by atoms with E-state index in [1.54, 1.807) is 0 Å². The summed E-state index contributed by atoms with van der Waals surface area (Å²) in [6.45, 7) is -0.167. The van der Waals surface area contributed by atoms with Crippen molar-refractivity contribution in [3.63, 3.8) is 0 Å². The van der Waals surface area contributed by atoms with E-state index in [1.807, 2.05) is 18.2 Å². The third-order valence-corrected chi connectivity index (χ3v) is 6.04. The van der Waals surface area contributed by atoms with Gasteiger partial charge in [0.25, 0.3) is 0 Å². The maximum atomic E-state index is 11.0. The van der Waals surface area contributed by atoms with Gasteiger partial charge in [-0.05, 0) is 35.6 Å². The van der Waals surface area contributed by atoms with Gasteiger partial charge in [0.2, 0.25) is 5.88 Å². The first-order valence-corrected chi connectivity index (χ1v) is 11.6. The predicted molar refractivity (Wildman–Crippen MR) is 116 cm³/mol. The Morgan fingerprint density at radius 3 is 2.71 bits per heavy atom. The number of benzene rings is 2. The predicted octanol–water partition coefficient (Wildman–Crippen LogP) is 2.15. The molecule has 8 nitrogen and oxygen atoms in total. The van der Waals surface area contributed by atoms with Crippen LogP contribution in [-0.4, -0.2) is 42.3 Å². The smallest absolute Gasteiger partial charge is 0.333 e. The van der Waals surface area contributed by atoms with Gasteiger partial charge in [-0.25, -0.2) is 15.1 Å². The van der Waals surface area contributed by atoms with Crippen LogP contribution in [0.4, 0.5) is 0 Å². The van der Waals surface area contributed by atoms with Gasteiger partial charge in [0.05, 0.1) is 12.7 Å². The second-order valence-electron chi connectivity index (χ2n) is 7.80. The zero-order valence-corrected chi connectivity index (χ0v) is 17.7. The molecule has 0 radical (unpaired) electrons. The van der Waals surface area contributed by atoms with Gasteiger partial charge in [0, 0.05) is 24.1 Å². The zero-order chi connectivity index (χ0) is 21.8. The van der Waals surface area contributed by atoms with Crippen LogP contribution in [0, 0.1) is 5.92 Å². The van der Waals surface area contributed by atoms with Crippen LogP contribution in [-0.2, 0) is 27.3 Å². The molecule has 3 atom stereocenters. The molecule has 3 N–H and O–H groups in total. The Morgan fingerprint density at radius 2 is 1.87 bits per heavy atom. The number of aliphatic hydroxyl groups excluding tert-OH is 1. The highest BCUT2D eigenvalue weighted by atomic mass is 32.2. The Labute approximate surface area is 181 Å². The van der Waals surface area contributed by atoms with Crippen LogP contribution in [0.5, 0.6) is 5.88 Å². The van der Waals surface area contributed by atoms with Crippen LogP contribution in [0.3, 0.4) is 0 Å². The van der Waals surface area contributed by atoms with Gasteiger partial charge < -0.3 is 9.84 Å². The molecule has 2 aromatic carbocycles. The van der Waals surface area contributed by atoms with E-state index in [-0.39, 0.29) is 18.6 Å². The number of aromatic nitrogens is 2. The Hall–Kier alpha value is -2.59. The molecule has 0 unspecified atom stereocenters. The lowest BCUT2D eigenvalue weighted by Crippen LogP contribution is -2.24. The van der Waals surface area contributed by atoms with Gasteiger partial charge in [-0.2, -0.15) is 8.42 Å². The zero-order valence-electron chi connectivity index (χ0n) is 16.9. The van der Waals surface area contributed by atoms with E-state index in [4.69, 9.17) is 9.88 Å². The summed E-state index contributed by atoms with van der Waals surface area (Å²) in [5.41, 5.74) is 2.13. The lowest BCUT2D eigenvalue weighted by atomic mass is 10.0. The van der Waals surface area contributed by atoms with Crippen molar-refractivity contribution in [2.24, 2.45) is 11.1 Å². The first kappa shape index (κ1) is 21.6. The summed E-state index contributed by atoms with van der Waals surface area (Å²) in [7, 11) is -4.03. The summed E-state index contributed by atoms with van der Waals surface area (Å²) in [4.78, 5) is 8.54. The van der Waals surface area contributed by atoms with Crippen LogP contribution in [0.1, 0.15) is 24.1 Å². The fourth-order valence-corrected chi connectivity index (χ4v) is 4.40. The van der Waals surface area contributed by atoms with Gasteiger partial charge >= 0.3 is 10.3 Å². The molecule has 1 saturated carbocycles. The largest absolute Gasteiger partial charge is 0.474 e. The van der Waals surface area contributed by atoms with Gasteiger partial charge in [-0.3, -0.25) is 4.18 Å². The van der Waals surface area contributed by atoms with E-state index >= 15 is 0 Å². The van der Waals surface area contributed by atoms with E-state index in [1.165, 1.54) is 22.7 Å². The quantitative estimate of drug-likeness (QED) is 0.546. The SMILES string of the molecule is NS(=O)(=O)OC[C@@H]1C[C@@H](Oc2cc(CCc3cccc4ccccc34)ncn2)C[C@@H]1O. The molecule has 3 aromatic rings. The first-order chi connectivity index (χ1) is 14.9. The highest BCUT2D eigenvalue weighted by Gasteiger charge is 2.35. The molecule has 1 aliphatic carbocycles. The molecule has 1 heterocycles. The Balaban J connectivity index is 1.36. The fraction of sp³-hybridized carbons (Fsp3) is 0.364. The summed E-state index contributed by atoms with van der Waals surface area (Å²) in [6.07, 6.45) is 2.86. The summed E-state index contributed by atoms with van der Waals surface area (Å²) in [6, 6.07) is 16.4. The first-order valence-electron chi connectivity index (χ1n) is 10.2. The van der Waals surface area contributed by atoms with Gasteiger partial charge in [-0.15, -0.1) is 0 Å². The highest BCUT2D eigenvalue weighted by molar-refractivity contribution is 7.84. The molecule has 1 fully saturated rings. The minimum absolute atomic E-state index is 0.167. The molecular weight excluding hydrogens is 418 g/mol. The number of hydrogen-bond acceptors (Lipinski definition) is 7. The summed E-state index contributed by atoms with van der Waals surface area (Å²) >= 11 is 0. The van der Waals surface area contributed by atoms with Gasteiger partial charge in [0.1, 0.15) is 12.4 Å².